The average molecular weight is 278 g/mol. The van der Waals surface area contributed by atoms with Crippen LogP contribution in [-0.4, -0.2) is 41.1 Å². The molecule has 3 nitrogen and oxygen atoms in total. The highest BCUT2D eigenvalue weighted by atomic mass is 16.3. The molecule has 0 amide bonds. The highest BCUT2D eigenvalue weighted by Gasteiger charge is 2.11. The van der Waals surface area contributed by atoms with E-state index in [4.69, 9.17) is 0 Å². The van der Waals surface area contributed by atoms with E-state index in [9.17, 15) is 5.11 Å². The molecule has 0 heterocycles. The number of aryl methyl sites for hydroxylation is 1. The number of phenols is 1. The highest BCUT2D eigenvalue weighted by Crippen LogP contribution is 2.26. The Morgan fingerprint density at radius 2 is 1.35 bits per heavy atom. The Morgan fingerprint density at radius 1 is 0.850 bits per heavy atom. The Morgan fingerprint density at radius 3 is 1.85 bits per heavy atom. The van der Waals surface area contributed by atoms with E-state index < -0.39 is 0 Å². The van der Waals surface area contributed by atoms with Crippen LogP contribution >= 0.6 is 0 Å². The second-order valence-electron chi connectivity index (χ2n) is 5.34. The maximum Gasteiger partial charge on any atom is 0.122 e. The van der Waals surface area contributed by atoms with Crippen LogP contribution in [0.3, 0.4) is 0 Å². The molecule has 1 aromatic rings. The fourth-order valence-corrected chi connectivity index (χ4v) is 2.54. The van der Waals surface area contributed by atoms with Gasteiger partial charge in [-0.1, -0.05) is 33.8 Å². The van der Waals surface area contributed by atoms with Crippen LogP contribution in [0.15, 0.2) is 12.1 Å². The molecule has 1 N–H and O–H groups in total. The largest absolute Gasteiger partial charge is 0.507 e. The first-order chi connectivity index (χ1) is 9.55. The lowest BCUT2D eigenvalue weighted by molar-refractivity contribution is 0.287. The fourth-order valence-electron chi connectivity index (χ4n) is 2.54. The third kappa shape index (κ3) is 4.50. The van der Waals surface area contributed by atoms with Crippen molar-refractivity contribution in [3.8, 4) is 5.75 Å². The molecule has 0 fully saturated rings. The van der Waals surface area contributed by atoms with Crippen LogP contribution in [0.25, 0.3) is 0 Å². The molecule has 0 atom stereocenters. The summed E-state index contributed by atoms with van der Waals surface area (Å²) in [4.78, 5) is 4.72. The van der Waals surface area contributed by atoms with E-state index in [1.54, 1.807) is 0 Å². The van der Waals surface area contributed by atoms with Crippen molar-refractivity contribution in [1.82, 2.24) is 9.80 Å². The van der Waals surface area contributed by atoms with E-state index in [1.165, 1.54) is 5.56 Å². The molecule has 0 unspecified atom stereocenters. The Labute approximate surface area is 124 Å². The van der Waals surface area contributed by atoms with E-state index in [1.807, 2.05) is 6.92 Å². The van der Waals surface area contributed by atoms with Gasteiger partial charge in [-0.05, 0) is 50.3 Å². The van der Waals surface area contributed by atoms with Gasteiger partial charge in [0, 0.05) is 18.7 Å². The Kier molecular flexibility index (Phi) is 7.03. The number of hydrogen-bond donors (Lipinski definition) is 1. The van der Waals surface area contributed by atoms with Crippen LogP contribution in [0.2, 0.25) is 0 Å². The van der Waals surface area contributed by atoms with Crippen molar-refractivity contribution < 1.29 is 5.11 Å². The normalized spacial score (nSPS) is 11.6. The van der Waals surface area contributed by atoms with Crippen LogP contribution < -0.4 is 0 Å². The Balaban J connectivity index is 2.96. The molecule has 1 rings (SSSR count). The smallest absolute Gasteiger partial charge is 0.122 e. The summed E-state index contributed by atoms with van der Waals surface area (Å²) in [6.45, 7) is 16.6. The van der Waals surface area contributed by atoms with Gasteiger partial charge in [-0.2, -0.15) is 0 Å². The summed E-state index contributed by atoms with van der Waals surface area (Å²) in [7, 11) is 0. The van der Waals surface area contributed by atoms with Crippen LogP contribution in [0.5, 0.6) is 5.75 Å². The molecule has 0 aliphatic heterocycles. The minimum atomic E-state index is 0.459. The fraction of sp³-hybridized carbons (Fsp3) is 0.647. The first kappa shape index (κ1) is 17.0. The quantitative estimate of drug-likeness (QED) is 0.789. The molecule has 1 aromatic carbocycles. The van der Waals surface area contributed by atoms with E-state index in [2.05, 4.69) is 49.6 Å². The van der Waals surface area contributed by atoms with Crippen LogP contribution in [-0.2, 0) is 13.1 Å². The zero-order valence-electron chi connectivity index (χ0n) is 13.7. The summed E-state index contributed by atoms with van der Waals surface area (Å²) < 4.78 is 0. The van der Waals surface area contributed by atoms with Crippen molar-refractivity contribution >= 4 is 0 Å². The zero-order valence-corrected chi connectivity index (χ0v) is 13.7. The molecule has 0 radical (unpaired) electrons. The van der Waals surface area contributed by atoms with Gasteiger partial charge >= 0.3 is 0 Å². The third-order valence-electron chi connectivity index (χ3n) is 4.03. The van der Waals surface area contributed by atoms with Gasteiger partial charge in [0.25, 0.3) is 0 Å². The number of rotatable bonds is 8. The molecule has 0 aromatic heterocycles. The molecular weight excluding hydrogens is 248 g/mol. The van der Waals surface area contributed by atoms with Gasteiger partial charge < -0.3 is 5.11 Å². The molecule has 3 heteroatoms. The van der Waals surface area contributed by atoms with Crippen molar-refractivity contribution in [2.24, 2.45) is 0 Å². The summed E-state index contributed by atoms with van der Waals surface area (Å²) in [6.07, 6.45) is 0. The number of hydrogen-bond acceptors (Lipinski definition) is 3. The lowest BCUT2D eigenvalue weighted by Crippen LogP contribution is -2.24. The number of aromatic hydroxyl groups is 1. The summed E-state index contributed by atoms with van der Waals surface area (Å²) in [5.74, 6) is 0.459. The SMILES string of the molecule is CCN(CC)Cc1cc(C)c(O)c(CN(CC)CC)c1. The van der Waals surface area contributed by atoms with Crippen LogP contribution in [0, 0.1) is 6.92 Å². The lowest BCUT2D eigenvalue weighted by atomic mass is 10.0. The molecule has 0 aliphatic rings. The van der Waals surface area contributed by atoms with Crippen LogP contribution in [0.4, 0.5) is 0 Å². The van der Waals surface area contributed by atoms with E-state index in [-0.39, 0.29) is 0 Å². The van der Waals surface area contributed by atoms with Gasteiger partial charge in [-0.25, -0.2) is 0 Å². The summed E-state index contributed by atoms with van der Waals surface area (Å²) in [6, 6.07) is 4.28. The number of benzene rings is 1. The molecule has 0 saturated carbocycles. The van der Waals surface area contributed by atoms with Gasteiger partial charge in [0.05, 0.1) is 0 Å². The highest BCUT2D eigenvalue weighted by molar-refractivity contribution is 5.43. The van der Waals surface area contributed by atoms with Crippen LogP contribution in [0.1, 0.15) is 44.4 Å². The van der Waals surface area contributed by atoms with Gasteiger partial charge in [0.15, 0.2) is 0 Å². The molecule has 0 aliphatic carbocycles. The van der Waals surface area contributed by atoms with E-state index in [0.29, 0.717) is 5.75 Å². The minimum Gasteiger partial charge on any atom is -0.507 e. The Hall–Kier alpha value is -1.06. The van der Waals surface area contributed by atoms with E-state index >= 15 is 0 Å². The summed E-state index contributed by atoms with van der Waals surface area (Å²) in [5, 5.41) is 10.3. The number of nitrogens with zero attached hydrogens (tertiary/aromatic N) is 2. The van der Waals surface area contributed by atoms with Crippen molar-refractivity contribution in [3.63, 3.8) is 0 Å². The molecule has 0 spiro atoms. The van der Waals surface area contributed by atoms with Crippen molar-refractivity contribution in [2.45, 2.75) is 47.7 Å². The first-order valence-corrected chi connectivity index (χ1v) is 7.81. The van der Waals surface area contributed by atoms with E-state index in [0.717, 1.165) is 50.4 Å². The third-order valence-corrected chi connectivity index (χ3v) is 4.03. The van der Waals surface area contributed by atoms with Crippen molar-refractivity contribution in [3.05, 3.63) is 28.8 Å². The topological polar surface area (TPSA) is 26.7 Å². The predicted molar refractivity (Wildman–Crippen MR) is 86.1 cm³/mol. The van der Waals surface area contributed by atoms with Gasteiger partial charge in [-0.15, -0.1) is 0 Å². The predicted octanol–water partition coefficient (Wildman–Crippen LogP) is 3.38. The molecule has 0 bridgehead atoms. The second kappa shape index (κ2) is 8.28. The maximum absolute atomic E-state index is 10.3. The zero-order chi connectivity index (χ0) is 15.1. The minimum absolute atomic E-state index is 0.459. The molecular formula is C17H30N2O. The maximum atomic E-state index is 10.3. The van der Waals surface area contributed by atoms with Gasteiger partial charge in [0.2, 0.25) is 0 Å². The summed E-state index contributed by atoms with van der Waals surface area (Å²) in [5.41, 5.74) is 3.33. The van der Waals surface area contributed by atoms with Crippen molar-refractivity contribution in [2.75, 3.05) is 26.2 Å². The lowest BCUT2D eigenvalue weighted by Gasteiger charge is -2.22. The van der Waals surface area contributed by atoms with Gasteiger partial charge in [-0.3, -0.25) is 9.80 Å². The number of phenolic OH excluding ortho intramolecular Hbond substituents is 1. The summed E-state index contributed by atoms with van der Waals surface area (Å²) >= 11 is 0. The molecule has 0 saturated heterocycles. The standard InChI is InChI=1S/C17H30N2O/c1-6-18(7-2)12-15-10-14(5)17(20)16(11-15)13-19(8-3)9-4/h10-11,20H,6-9,12-13H2,1-5H3. The first-order valence-electron chi connectivity index (χ1n) is 7.81. The van der Waals surface area contributed by atoms with Gasteiger partial charge in [0.1, 0.15) is 5.75 Å². The molecule has 114 valence electrons. The molecule has 20 heavy (non-hydrogen) atoms. The average Bonchev–Trinajstić information content (AvgIpc) is 2.46. The van der Waals surface area contributed by atoms with Crippen molar-refractivity contribution in [1.29, 1.82) is 0 Å². The Bertz CT molecular complexity index is 410. The monoisotopic (exact) mass is 278 g/mol. The second-order valence-corrected chi connectivity index (χ2v) is 5.34.